The first-order valence-electron chi connectivity index (χ1n) is 7.16. The summed E-state index contributed by atoms with van der Waals surface area (Å²) in [4.78, 5) is 13.4. The molecule has 0 bridgehead atoms. The lowest BCUT2D eigenvalue weighted by molar-refractivity contribution is -0.153. The number of ether oxygens (including phenoxy) is 1. The van der Waals surface area contributed by atoms with Crippen LogP contribution in [0.25, 0.3) is 0 Å². The Kier molecular flexibility index (Phi) is 4.67. The van der Waals surface area contributed by atoms with Gasteiger partial charge in [0.1, 0.15) is 11.9 Å². The highest BCUT2D eigenvalue weighted by Gasteiger charge is 2.35. The van der Waals surface area contributed by atoms with E-state index in [1.54, 1.807) is 0 Å². The number of alkyl halides is 4. The van der Waals surface area contributed by atoms with Crippen LogP contribution in [0.15, 0.2) is 12.1 Å². The maximum atomic E-state index is 14.0. The number of nitrogens with zero attached hydrogens (tertiary/aromatic N) is 1. The fourth-order valence-electron chi connectivity index (χ4n) is 2.27. The fraction of sp³-hybridized carbons (Fsp3) is 0.533. The molecular formula is C15H18F4N2O3. The molecular weight excluding hydrogens is 332 g/mol. The van der Waals surface area contributed by atoms with E-state index in [1.807, 2.05) is 0 Å². The van der Waals surface area contributed by atoms with Crippen LogP contribution < -0.4 is 10.5 Å². The van der Waals surface area contributed by atoms with E-state index in [2.05, 4.69) is 4.74 Å². The fourth-order valence-corrected chi connectivity index (χ4v) is 2.27. The minimum absolute atomic E-state index is 0.0352. The van der Waals surface area contributed by atoms with E-state index in [1.165, 1.54) is 24.8 Å². The smallest absolute Gasteiger partial charge is 0.422 e. The maximum Gasteiger partial charge on any atom is 0.422 e. The zero-order valence-corrected chi connectivity index (χ0v) is 13.2. The van der Waals surface area contributed by atoms with Crippen LogP contribution in [0.4, 0.5) is 23.2 Å². The predicted octanol–water partition coefficient (Wildman–Crippen LogP) is 2.27. The molecule has 0 fully saturated rings. The summed E-state index contributed by atoms with van der Waals surface area (Å²) in [7, 11) is 0. The number of amides is 1. The number of fused-ring (bicyclic) bond motifs is 1. The number of carbonyl (C=O) groups excluding carboxylic acids is 1. The first-order valence-corrected chi connectivity index (χ1v) is 7.16. The Bertz CT molecular complexity index is 641. The van der Waals surface area contributed by atoms with Gasteiger partial charge in [0.2, 0.25) is 0 Å². The Morgan fingerprint density at radius 2 is 2.00 bits per heavy atom. The molecule has 9 heteroatoms. The van der Waals surface area contributed by atoms with Gasteiger partial charge >= 0.3 is 6.18 Å². The highest BCUT2D eigenvalue weighted by atomic mass is 19.4. The Morgan fingerprint density at radius 1 is 1.38 bits per heavy atom. The number of hydrogen-bond acceptors (Lipinski definition) is 4. The molecule has 0 saturated carbocycles. The normalized spacial score (nSPS) is 16.3. The second-order valence-corrected chi connectivity index (χ2v) is 6.26. The molecule has 0 spiro atoms. The topological polar surface area (TPSA) is 75.8 Å². The van der Waals surface area contributed by atoms with Gasteiger partial charge in [-0.2, -0.15) is 13.2 Å². The van der Waals surface area contributed by atoms with E-state index in [0.29, 0.717) is 5.56 Å². The minimum Gasteiger partial charge on any atom is -0.482 e. The summed E-state index contributed by atoms with van der Waals surface area (Å²) in [5.74, 6) is -0.797. The molecule has 0 saturated heterocycles. The maximum absolute atomic E-state index is 14.0. The standard InChI is InChI=1S/C15H18F4N2O3/c1-14(2,23)12(16)6-21-5-8-3-10(20)11(4-9(8)13(21)22)24-7-15(17,18)19/h3-4,12,23H,5-7,20H2,1-2H3/t12-/m0/s1. The zero-order chi connectivity index (χ0) is 18.3. The summed E-state index contributed by atoms with van der Waals surface area (Å²) in [6, 6.07) is 2.48. The van der Waals surface area contributed by atoms with Gasteiger partial charge in [0, 0.05) is 12.1 Å². The number of benzene rings is 1. The molecule has 1 aromatic carbocycles. The van der Waals surface area contributed by atoms with E-state index in [-0.39, 0.29) is 30.1 Å². The molecule has 1 atom stereocenters. The van der Waals surface area contributed by atoms with Gasteiger partial charge in [-0.25, -0.2) is 4.39 Å². The van der Waals surface area contributed by atoms with Gasteiger partial charge in [-0.3, -0.25) is 4.79 Å². The number of rotatable bonds is 5. The van der Waals surface area contributed by atoms with Gasteiger partial charge in [-0.15, -0.1) is 0 Å². The Hall–Kier alpha value is -2.03. The van der Waals surface area contributed by atoms with Crippen LogP contribution in [0, 0.1) is 0 Å². The lowest BCUT2D eigenvalue weighted by Crippen LogP contribution is -2.42. The third-order valence-corrected chi connectivity index (χ3v) is 3.65. The second kappa shape index (κ2) is 6.12. The van der Waals surface area contributed by atoms with Crippen molar-refractivity contribution in [3.63, 3.8) is 0 Å². The first kappa shape index (κ1) is 18.3. The minimum atomic E-state index is -4.53. The average Bonchev–Trinajstić information content (AvgIpc) is 2.70. The molecule has 1 amide bonds. The van der Waals surface area contributed by atoms with Crippen molar-refractivity contribution in [2.75, 3.05) is 18.9 Å². The number of nitrogen functional groups attached to an aromatic ring is 1. The molecule has 1 heterocycles. The third kappa shape index (κ3) is 4.08. The Balaban J connectivity index is 2.17. The number of halogens is 4. The van der Waals surface area contributed by atoms with Crippen molar-refractivity contribution in [3.8, 4) is 5.75 Å². The van der Waals surface area contributed by atoms with Crippen molar-refractivity contribution >= 4 is 11.6 Å². The van der Waals surface area contributed by atoms with Gasteiger partial charge in [-0.1, -0.05) is 0 Å². The monoisotopic (exact) mass is 350 g/mol. The Morgan fingerprint density at radius 3 is 2.54 bits per heavy atom. The van der Waals surface area contributed by atoms with Gasteiger partial charge in [0.15, 0.2) is 6.61 Å². The molecule has 134 valence electrons. The van der Waals surface area contributed by atoms with Crippen molar-refractivity contribution < 1.29 is 32.2 Å². The number of hydrogen-bond donors (Lipinski definition) is 2. The molecule has 2 rings (SSSR count). The molecule has 0 radical (unpaired) electrons. The summed E-state index contributed by atoms with van der Waals surface area (Å²) in [6.07, 6.45) is -6.20. The summed E-state index contributed by atoms with van der Waals surface area (Å²) in [5.41, 5.74) is 4.58. The molecule has 3 N–H and O–H groups in total. The van der Waals surface area contributed by atoms with Crippen LogP contribution in [0.5, 0.6) is 5.75 Å². The first-order chi connectivity index (χ1) is 10.9. The van der Waals surface area contributed by atoms with Crippen molar-refractivity contribution in [2.24, 2.45) is 0 Å². The lowest BCUT2D eigenvalue weighted by atomic mass is 10.0. The highest BCUT2D eigenvalue weighted by molar-refractivity contribution is 5.99. The molecule has 0 unspecified atom stereocenters. The largest absolute Gasteiger partial charge is 0.482 e. The van der Waals surface area contributed by atoms with Gasteiger partial charge in [-0.05, 0) is 31.5 Å². The lowest BCUT2D eigenvalue weighted by Gasteiger charge is -2.26. The van der Waals surface area contributed by atoms with Crippen LogP contribution in [0.3, 0.4) is 0 Å². The highest BCUT2D eigenvalue weighted by Crippen LogP contribution is 2.33. The van der Waals surface area contributed by atoms with E-state index >= 15 is 0 Å². The summed E-state index contributed by atoms with van der Waals surface area (Å²) >= 11 is 0. The molecule has 1 aliphatic heterocycles. The summed E-state index contributed by atoms with van der Waals surface area (Å²) < 4.78 is 55.3. The van der Waals surface area contributed by atoms with Crippen molar-refractivity contribution in [1.82, 2.24) is 4.90 Å². The van der Waals surface area contributed by atoms with Crippen molar-refractivity contribution in [1.29, 1.82) is 0 Å². The van der Waals surface area contributed by atoms with Crippen molar-refractivity contribution in [2.45, 2.75) is 38.3 Å². The second-order valence-electron chi connectivity index (χ2n) is 6.26. The van der Waals surface area contributed by atoms with E-state index in [9.17, 15) is 27.5 Å². The third-order valence-electron chi connectivity index (χ3n) is 3.65. The predicted molar refractivity (Wildman–Crippen MR) is 78.3 cm³/mol. The van der Waals surface area contributed by atoms with Crippen molar-refractivity contribution in [3.05, 3.63) is 23.3 Å². The average molecular weight is 350 g/mol. The molecule has 24 heavy (non-hydrogen) atoms. The number of aliphatic hydroxyl groups is 1. The summed E-state index contributed by atoms with van der Waals surface area (Å²) in [5, 5.41) is 9.62. The van der Waals surface area contributed by atoms with E-state index in [4.69, 9.17) is 5.73 Å². The van der Waals surface area contributed by atoms with Crippen LogP contribution in [-0.4, -0.2) is 47.0 Å². The molecule has 1 aliphatic rings. The Labute approximate surface area is 136 Å². The van der Waals surface area contributed by atoms with Crippen LogP contribution >= 0.6 is 0 Å². The molecule has 5 nitrogen and oxygen atoms in total. The van der Waals surface area contributed by atoms with Gasteiger partial charge in [0.25, 0.3) is 5.91 Å². The van der Waals surface area contributed by atoms with Crippen LogP contribution in [0.1, 0.15) is 29.8 Å². The SMILES string of the molecule is CC(C)(O)[C@@H](F)CN1Cc2cc(N)c(OCC(F)(F)F)cc2C1=O. The quantitative estimate of drug-likeness (QED) is 0.631. The molecule has 0 aliphatic carbocycles. The van der Waals surface area contributed by atoms with Gasteiger partial charge < -0.3 is 20.5 Å². The number of anilines is 1. The number of carbonyl (C=O) groups is 1. The van der Waals surface area contributed by atoms with Gasteiger partial charge in [0.05, 0.1) is 17.8 Å². The molecule has 1 aromatic rings. The summed E-state index contributed by atoms with van der Waals surface area (Å²) in [6.45, 7) is 0.766. The van der Waals surface area contributed by atoms with Crippen LogP contribution in [-0.2, 0) is 6.54 Å². The number of nitrogens with two attached hydrogens (primary N) is 1. The zero-order valence-electron chi connectivity index (χ0n) is 13.2. The van der Waals surface area contributed by atoms with E-state index < -0.39 is 30.5 Å². The molecule has 0 aromatic heterocycles. The van der Waals surface area contributed by atoms with Crippen LogP contribution in [0.2, 0.25) is 0 Å². The van der Waals surface area contributed by atoms with E-state index in [0.717, 1.165) is 6.07 Å².